The van der Waals surface area contributed by atoms with Crippen LogP contribution in [0.3, 0.4) is 0 Å². The molecule has 18 heavy (non-hydrogen) atoms. The van der Waals surface area contributed by atoms with Gasteiger partial charge in [-0.25, -0.2) is 0 Å². The summed E-state index contributed by atoms with van der Waals surface area (Å²) < 4.78 is 6.70. The van der Waals surface area contributed by atoms with Crippen molar-refractivity contribution in [3.8, 4) is 0 Å². The minimum Gasteiger partial charge on any atom is -0.381 e. The zero-order chi connectivity index (χ0) is 13.0. The molecule has 0 bridgehead atoms. The molecule has 1 N–H and O–H groups in total. The minimum atomic E-state index is 0.388. The van der Waals surface area contributed by atoms with Gasteiger partial charge in [-0.1, -0.05) is 11.6 Å². The number of hydrogen-bond acceptors (Lipinski definition) is 2. The SMILES string of the molecule is CNC(CC1CCOCC1)c1cc(Cl)ccc1I. The largest absolute Gasteiger partial charge is 0.381 e. The van der Waals surface area contributed by atoms with Crippen molar-refractivity contribution >= 4 is 34.2 Å². The molecule has 4 heteroatoms. The normalized spacial score (nSPS) is 18.8. The highest BCUT2D eigenvalue weighted by Gasteiger charge is 2.21. The third-order valence-electron chi connectivity index (χ3n) is 3.59. The van der Waals surface area contributed by atoms with E-state index >= 15 is 0 Å². The van der Waals surface area contributed by atoms with E-state index < -0.39 is 0 Å². The van der Waals surface area contributed by atoms with E-state index in [1.165, 1.54) is 22.0 Å². The topological polar surface area (TPSA) is 21.3 Å². The molecule has 1 aromatic rings. The molecule has 100 valence electrons. The minimum absolute atomic E-state index is 0.388. The van der Waals surface area contributed by atoms with E-state index in [1.54, 1.807) is 0 Å². The second-order valence-electron chi connectivity index (χ2n) is 4.80. The molecule has 0 aliphatic carbocycles. The maximum Gasteiger partial charge on any atom is 0.0468 e. The molecule has 0 amide bonds. The summed E-state index contributed by atoms with van der Waals surface area (Å²) in [7, 11) is 2.03. The molecule has 1 atom stereocenters. The summed E-state index contributed by atoms with van der Waals surface area (Å²) in [6.45, 7) is 1.82. The lowest BCUT2D eigenvalue weighted by molar-refractivity contribution is 0.0607. The van der Waals surface area contributed by atoms with E-state index in [-0.39, 0.29) is 0 Å². The summed E-state index contributed by atoms with van der Waals surface area (Å²) in [6, 6.07) is 6.52. The molecule has 0 spiro atoms. The van der Waals surface area contributed by atoms with Crippen LogP contribution >= 0.6 is 34.2 Å². The second kappa shape index (κ2) is 7.08. The standard InChI is InChI=1S/C14H19ClINO/c1-17-14(8-10-4-6-18-7-5-10)12-9-11(15)2-3-13(12)16/h2-3,9-10,14,17H,4-8H2,1H3. The van der Waals surface area contributed by atoms with Crippen molar-refractivity contribution in [1.82, 2.24) is 5.32 Å². The van der Waals surface area contributed by atoms with Crippen LogP contribution in [0.15, 0.2) is 18.2 Å². The first kappa shape index (κ1) is 14.6. The Kier molecular flexibility index (Phi) is 5.73. The Morgan fingerprint density at radius 2 is 2.17 bits per heavy atom. The Bertz CT molecular complexity index is 393. The molecular weight excluding hydrogens is 361 g/mol. The Hall–Kier alpha value is 0.160. The fraction of sp³-hybridized carbons (Fsp3) is 0.571. The smallest absolute Gasteiger partial charge is 0.0468 e. The summed E-state index contributed by atoms with van der Waals surface area (Å²) in [5.41, 5.74) is 1.32. The molecule has 1 unspecified atom stereocenters. The molecule has 1 aliphatic rings. The molecule has 1 heterocycles. The summed E-state index contributed by atoms with van der Waals surface area (Å²) >= 11 is 8.50. The first-order valence-electron chi connectivity index (χ1n) is 6.40. The van der Waals surface area contributed by atoms with Crippen LogP contribution in [0, 0.1) is 9.49 Å². The van der Waals surface area contributed by atoms with Crippen molar-refractivity contribution < 1.29 is 4.74 Å². The lowest BCUT2D eigenvalue weighted by Gasteiger charge is -2.27. The van der Waals surface area contributed by atoms with Gasteiger partial charge in [0, 0.05) is 27.8 Å². The van der Waals surface area contributed by atoms with Crippen LogP contribution in [-0.2, 0) is 4.74 Å². The van der Waals surface area contributed by atoms with E-state index in [2.05, 4.69) is 40.0 Å². The molecule has 1 aliphatic heterocycles. The Morgan fingerprint density at radius 3 is 2.83 bits per heavy atom. The zero-order valence-corrected chi connectivity index (χ0v) is 13.5. The van der Waals surface area contributed by atoms with Crippen molar-refractivity contribution in [2.45, 2.75) is 25.3 Å². The lowest BCUT2D eigenvalue weighted by atomic mass is 9.89. The Labute approximate surface area is 128 Å². The third-order valence-corrected chi connectivity index (χ3v) is 4.81. The molecule has 2 nitrogen and oxygen atoms in total. The molecule has 1 fully saturated rings. The predicted molar refractivity (Wildman–Crippen MR) is 84.1 cm³/mol. The van der Waals surface area contributed by atoms with Crippen LogP contribution in [0.25, 0.3) is 0 Å². The Balaban J connectivity index is 2.09. The first-order valence-corrected chi connectivity index (χ1v) is 7.86. The van der Waals surface area contributed by atoms with Gasteiger partial charge in [0.05, 0.1) is 0 Å². The van der Waals surface area contributed by atoms with Crippen molar-refractivity contribution in [1.29, 1.82) is 0 Å². The quantitative estimate of drug-likeness (QED) is 0.798. The predicted octanol–water partition coefficient (Wildman–Crippen LogP) is 4.02. The highest BCUT2D eigenvalue weighted by atomic mass is 127. The highest BCUT2D eigenvalue weighted by molar-refractivity contribution is 14.1. The average Bonchev–Trinajstić information content (AvgIpc) is 2.40. The monoisotopic (exact) mass is 379 g/mol. The average molecular weight is 380 g/mol. The van der Waals surface area contributed by atoms with Crippen LogP contribution in [0.4, 0.5) is 0 Å². The van der Waals surface area contributed by atoms with Crippen molar-refractivity contribution in [3.63, 3.8) is 0 Å². The number of benzene rings is 1. The van der Waals surface area contributed by atoms with E-state index in [0.29, 0.717) is 6.04 Å². The van der Waals surface area contributed by atoms with Crippen LogP contribution in [-0.4, -0.2) is 20.3 Å². The van der Waals surface area contributed by atoms with E-state index in [4.69, 9.17) is 16.3 Å². The van der Waals surface area contributed by atoms with Gasteiger partial charge in [-0.3, -0.25) is 0 Å². The maximum atomic E-state index is 6.11. The van der Waals surface area contributed by atoms with Gasteiger partial charge in [-0.15, -0.1) is 0 Å². The number of ether oxygens (including phenoxy) is 1. The van der Waals surface area contributed by atoms with Gasteiger partial charge in [0.25, 0.3) is 0 Å². The van der Waals surface area contributed by atoms with Crippen LogP contribution in [0.1, 0.15) is 30.9 Å². The second-order valence-corrected chi connectivity index (χ2v) is 6.40. The number of rotatable bonds is 4. The van der Waals surface area contributed by atoms with E-state index in [9.17, 15) is 0 Å². The summed E-state index contributed by atoms with van der Waals surface area (Å²) in [5, 5.41) is 4.25. The third kappa shape index (κ3) is 3.83. The van der Waals surface area contributed by atoms with Gasteiger partial charge < -0.3 is 10.1 Å². The molecule has 0 saturated carbocycles. The van der Waals surface area contributed by atoms with Gasteiger partial charge in [0.15, 0.2) is 0 Å². The fourth-order valence-corrected chi connectivity index (χ4v) is 3.39. The lowest BCUT2D eigenvalue weighted by Crippen LogP contribution is -2.24. The molecule has 2 rings (SSSR count). The maximum absolute atomic E-state index is 6.11. The molecule has 0 aromatic heterocycles. The van der Waals surface area contributed by atoms with Gasteiger partial charge in [0.2, 0.25) is 0 Å². The van der Waals surface area contributed by atoms with Gasteiger partial charge in [-0.05, 0) is 78.6 Å². The molecular formula is C14H19ClINO. The molecule has 0 radical (unpaired) electrons. The van der Waals surface area contributed by atoms with Gasteiger partial charge in [-0.2, -0.15) is 0 Å². The zero-order valence-electron chi connectivity index (χ0n) is 10.6. The first-order chi connectivity index (χ1) is 8.70. The van der Waals surface area contributed by atoms with Crippen molar-refractivity contribution in [3.05, 3.63) is 32.4 Å². The van der Waals surface area contributed by atoms with Gasteiger partial charge in [0.1, 0.15) is 0 Å². The van der Waals surface area contributed by atoms with Crippen LogP contribution in [0.2, 0.25) is 5.02 Å². The molecule has 1 aromatic carbocycles. The summed E-state index contributed by atoms with van der Waals surface area (Å²) in [6.07, 6.45) is 3.51. The number of halogens is 2. The fourth-order valence-electron chi connectivity index (χ4n) is 2.50. The number of hydrogen-bond donors (Lipinski definition) is 1. The summed E-state index contributed by atoms with van der Waals surface area (Å²) in [5.74, 6) is 0.756. The van der Waals surface area contributed by atoms with Crippen molar-refractivity contribution in [2.75, 3.05) is 20.3 Å². The summed E-state index contributed by atoms with van der Waals surface area (Å²) in [4.78, 5) is 0. The van der Waals surface area contributed by atoms with Gasteiger partial charge >= 0.3 is 0 Å². The van der Waals surface area contributed by atoms with Crippen LogP contribution < -0.4 is 5.32 Å². The highest BCUT2D eigenvalue weighted by Crippen LogP contribution is 2.31. The van der Waals surface area contributed by atoms with E-state index in [1.807, 2.05) is 13.1 Å². The molecule has 1 saturated heterocycles. The van der Waals surface area contributed by atoms with Crippen LogP contribution in [0.5, 0.6) is 0 Å². The van der Waals surface area contributed by atoms with E-state index in [0.717, 1.165) is 30.6 Å². The van der Waals surface area contributed by atoms with Crippen molar-refractivity contribution in [2.24, 2.45) is 5.92 Å². The number of nitrogens with one attached hydrogen (secondary N) is 1. The Morgan fingerprint density at radius 1 is 1.44 bits per heavy atom.